The van der Waals surface area contributed by atoms with Crippen LogP contribution >= 0.6 is 0 Å². The fourth-order valence-electron chi connectivity index (χ4n) is 2.96. The molecule has 0 radical (unpaired) electrons. The summed E-state index contributed by atoms with van der Waals surface area (Å²) >= 11 is 0. The number of rotatable bonds is 5. The summed E-state index contributed by atoms with van der Waals surface area (Å²) in [4.78, 5) is 23.6. The van der Waals surface area contributed by atoms with Gasteiger partial charge in [0, 0.05) is 12.6 Å². The number of benzene rings is 1. The van der Waals surface area contributed by atoms with Gasteiger partial charge in [-0.3, -0.25) is 0 Å². The molecule has 27 heavy (non-hydrogen) atoms. The zero-order valence-electron chi connectivity index (χ0n) is 16.3. The van der Waals surface area contributed by atoms with Gasteiger partial charge in [0.15, 0.2) is 0 Å². The molecular weight excluding hydrogens is 348 g/mol. The topological polar surface area (TPSA) is 96.9 Å². The van der Waals surface area contributed by atoms with Crippen LogP contribution in [0.3, 0.4) is 0 Å². The lowest BCUT2D eigenvalue weighted by Gasteiger charge is -2.36. The Balaban J connectivity index is 1.68. The van der Waals surface area contributed by atoms with Gasteiger partial charge in [0.1, 0.15) is 12.2 Å². The molecule has 1 saturated carbocycles. The number of amides is 2. The fraction of sp³-hybridized carbons (Fsp3) is 0.600. The second-order valence-electron chi connectivity index (χ2n) is 8.06. The van der Waals surface area contributed by atoms with Crippen molar-refractivity contribution in [2.45, 2.75) is 70.3 Å². The summed E-state index contributed by atoms with van der Waals surface area (Å²) in [5.41, 5.74) is -0.629. The zero-order valence-corrected chi connectivity index (χ0v) is 16.3. The molecule has 0 aliphatic heterocycles. The minimum absolute atomic E-state index is 0.0462. The average Bonchev–Trinajstić information content (AvgIpc) is 2.60. The molecular formula is C20H30N2O5. The van der Waals surface area contributed by atoms with Crippen molar-refractivity contribution in [2.75, 3.05) is 6.54 Å². The normalized spacial score (nSPS) is 22.6. The van der Waals surface area contributed by atoms with E-state index >= 15 is 0 Å². The molecule has 2 amide bonds. The van der Waals surface area contributed by atoms with E-state index in [1.54, 1.807) is 20.8 Å². The van der Waals surface area contributed by atoms with Crippen molar-refractivity contribution in [1.29, 1.82) is 0 Å². The van der Waals surface area contributed by atoms with Crippen LogP contribution in [0.4, 0.5) is 9.59 Å². The van der Waals surface area contributed by atoms with E-state index < -0.39 is 23.4 Å². The first kappa shape index (κ1) is 21.0. The second kappa shape index (κ2) is 9.08. The predicted molar refractivity (Wildman–Crippen MR) is 101 cm³/mol. The van der Waals surface area contributed by atoms with E-state index in [0.717, 1.165) is 5.56 Å². The molecule has 0 heterocycles. The van der Waals surface area contributed by atoms with Crippen LogP contribution < -0.4 is 10.6 Å². The molecule has 0 bridgehead atoms. The van der Waals surface area contributed by atoms with E-state index in [9.17, 15) is 14.7 Å². The summed E-state index contributed by atoms with van der Waals surface area (Å²) in [6, 6.07) is 9.44. The Bertz CT molecular complexity index is 619. The first-order valence-corrected chi connectivity index (χ1v) is 9.32. The highest BCUT2D eigenvalue weighted by Gasteiger charge is 2.34. The van der Waals surface area contributed by atoms with Gasteiger partial charge in [-0.2, -0.15) is 0 Å². The maximum atomic E-state index is 11.9. The molecule has 0 spiro atoms. The molecule has 3 N–H and O–H groups in total. The van der Waals surface area contributed by atoms with Crippen LogP contribution in [0, 0.1) is 0 Å². The van der Waals surface area contributed by atoms with Crippen molar-refractivity contribution in [3.05, 3.63) is 35.9 Å². The SMILES string of the molecule is CC(C)(C)OC(=O)NC[C@]1(O)CC[C@H](NC(=O)OCc2ccccc2)CC1. The van der Waals surface area contributed by atoms with Crippen molar-refractivity contribution >= 4 is 12.2 Å². The minimum atomic E-state index is -0.983. The molecule has 1 aromatic rings. The van der Waals surface area contributed by atoms with Crippen molar-refractivity contribution < 1.29 is 24.2 Å². The molecule has 150 valence electrons. The number of hydrogen-bond donors (Lipinski definition) is 3. The molecule has 1 aromatic carbocycles. The number of hydrogen-bond acceptors (Lipinski definition) is 5. The Morgan fingerprint density at radius 3 is 2.37 bits per heavy atom. The third-order valence-electron chi connectivity index (χ3n) is 4.41. The lowest BCUT2D eigenvalue weighted by atomic mass is 9.82. The van der Waals surface area contributed by atoms with Gasteiger partial charge >= 0.3 is 12.2 Å². The van der Waals surface area contributed by atoms with Gasteiger partial charge in [0.05, 0.1) is 5.60 Å². The maximum Gasteiger partial charge on any atom is 0.407 e. The highest BCUT2D eigenvalue weighted by Crippen LogP contribution is 2.28. The Morgan fingerprint density at radius 1 is 1.15 bits per heavy atom. The van der Waals surface area contributed by atoms with E-state index in [-0.39, 0.29) is 19.2 Å². The summed E-state index contributed by atoms with van der Waals surface area (Å²) < 4.78 is 10.4. The fourth-order valence-corrected chi connectivity index (χ4v) is 2.96. The Labute approximate surface area is 160 Å². The first-order chi connectivity index (χ1) is 12.7. The number of aliphatic hydroxyl groups is 1. The Hall–Kier alpha value is -2.28. The second-order valence-corrected chi connectivity index (χ2v) is 8.06. The van der Waals surface area contributed by atoms with E-state index in [4.69, 9.17) is 9.47 Å². The van der Waals surface area contributed by atoms with Gasteiger partial charge in [0.2, 0.25) is 0 Å². The molecule has 1 aliphatic carbocycles. The van der Waals surface area contributed by atoms with Crippen molar-refractivity contribution in [3.8, 4) is 0 Å². The van der Waals surface area contributed by atoms with Crippen LogP contribution in [0.2, 0.25) is 0 Å². The molecule has 1 fully saturated rings. The zero-order chi connectivity index (χ0) is 19.9. The standard InChI is InChI=1S/C20H30N2O5/c1-19(2,3)27-17(23)21-14-20(25)11-9-16(10-12-20)22-18(24)26-13-15-7-5-4-6-8-15/h4-8,16,25H,9-14H2,1-3H3,(H,21,23)(H,22,24)/t16-,20-. The summed E-state index contributed by atoms with van der Waals surface area (Å²) in [5.74, 6) is 0. The van der Waals surface area contributed by atoms with Crippen LogP contribution in [0.5, 0.6) is 0 Å². The summed E-state index contributed by atoms with van der Waals surface area (Å²) in [7, 11) is 0. The summed E-state index contributed by atoms with van der Waals surface area (Å²) in [5, 5.41) is 16.1. The highest BCUT2D eigenvalue weighted by molar-refractivity contribution is 5.68. The minimum Gasteiger partial charge on any atom is -0.445 e. The smallest absolute Gasteiger partial charge is 0.407 e. The van der Waals surface area contributed by atoms with E-state index in [1.807, 2.05) is 30.3 Å². The monoisotopic (exact) mass is 378 g/mol. The third kappa shape index (κ3) is 7.86. The lowest BCUT2D eigenvalue weighted by Crippen LogP contribution is -2.49. The number of alkyl carbamates (subject to hydrolysis) is 2. The molecule has 7 nitrogen and oxygen atoms in total. The van der Waals surface area contributed by atoms with E-state index in [2.05, 4.69) is 10.6 Å². The van der Waals surface area contributed by atoms with E-state index in [0.29, 0.717) is 25.7 Å². The van der Waals surface area contributed by atoms with Crippen LogP contribution in [-0.2, 0) is 16.1 Å². The third-order valence-corrected chi connectivity index (χ3v) is 4.41. The van der Waals surface area contributed by atoms with Crippen LogP contribution in [0.25, 0.3) is 0 Å². The van der Waals surface area contributed by atoms with Crippen LogP contribution in [-0.4, -0.2) is 41.1 Å². The van der Waals surface area contributed by atoms with Gasteiger partial charge in [-0.1, -0.05) is 30.3 Å². The quantitative estimate of drug-likeness (QED) is 0.731. The van der Waals surface area contributed by atoms with Gasteiger partial charge < -0.3 is 25.2 Å². The molecule has 2 rings (SSSR count). The molecule has 7 heteroatoms. The molecule has 0 atom stereocenters. The molecule has 1 aliphatic rings. The number of carbonyl (C=O) groups excluding carboxylic acids is 2. The Kier molecular flexibility index (Phi) is 7.07. The predicted octanol–water partition coefficient (Wildman–Crippen LogP) is 3.11. The van der Waals surface area contributed by atoms with Crippen LogP contribution in [0.15, 0.2) is 30.3 Å². The average molecular weight is 378 g/mol. The van der Waals surface area contributed by atoms with Gasteiger partial charge in [-0.05, 0) is 52.0 Å². The number of nitrogens with one attached hydrogen (secondary N) is 2. The first-order valence-electron chi connectivity index (χ1n) is 9.32. The summed E-state index contributed by atoms with van der Waals surface area (Å²) in [6.07, 6.45) is 1.19. The van der Waals surface area contributed by atoms with Gasteiger partial charge in [-0.15, -0.1) is 0 Å². The lowest BCUT2D eigenvalue weighted by molar-refractivity contribution is -0.00775. The van der Waals surface area contributed by atoms with E-state index in [1.165, 1.54) is 0 Å². The number of ether oxygens (including phenoxy) is 2. The van der Waals surface area contributed by atoms with Crippen LogP contribution in [0.1, 0.15) is 52.0 Å². The molecule has 0 saturated heterocycles. The highest BCUT2D eigenvalue weighted by atomic mass is 16.6. The van der Waals surface area contributed by atoms with Gasteiger partial charge in [-0.25, -0.2) is 9.59 Å². The number of carbonyl (C=O) groups is 2. The van der Waals surface area contributed by atoms with Gasteiger partial charge in [0.25, 0.3) is 0 Å². The van der Waals surface area contributed by atoms with Crippen molar-refractivity contribution in [1.82, 2.24) is 10.6 Å². The summed E-state index contributed by atoms with van der Waals surface area (Å²) in [6.45, 7) is 5.72. The van der Waals surface area contributed by atoms with Crippen molar-refractivity contribution in [2.24, 2.45) is 0 Å². The van der Waals surface area contributed by atoms with Crippen molar-refractivity contribution in [3.63, 3.8) is 0 Å². The molecule has 0 unspecified atom stereocenters. The largest absolute Gasteiger partial charge is 0.445 e. The molecule has 0 aromatic heterocycles. The Morgan fingerprint density at radius 2 is 1.78 bits per heavy atom. The maximum absolute atomic E-state index is 11.9.